The summed E-state index contributed by atoms with van der Waals surface area (Å²) >= 11 is 0. The number of nitrogens with zero attached hydrogens (tertiary/aromatic N) is 1. The SMILES string of the molecule is COc1cccc(CN2CCC(C)C2CO)c1F. The lowest BCUT2D eigenvalue weighted by Crippen LogP contribution is -2.34. The molecular weight excluding hydrogens is 233 g/mol. The summed E-state index contributed by atoms with van der Waals surface area (Å²) in [5, 5.41) is 9.39. The number of benzene rings is 1. The molecule has 2 atom stereocenters. The van der Waals surface area contributed by atoms with Crippen LogP contribution in [0.25, 0.3) is 0 Å². The van der Waals surface area contributed by atoms with Gasteiger partial charge in [-0.15, -0.1) is 0 Å². The molecule has 1 aromatic rings. The Labute approximate surface area is 107 Å². The second kappa shape index (κ2) is 5.67. The highest BCUT2D eigenvalue weighted by atomic mass is 19.1. The van der Waals surface area contributed by atoms with E-state index < -0.39 is 0 Å². The summed E-state index contributed by atoms with van der Waals surface area (Å²) in [6.45, 7) is 3.69. The topological polar surface area (TPSA) is 32.7 Å². The van der Waals surface area contributed by atoms with Crippen LogP contribution in [0.1, 0.15) is 18.9 Å². The lowest BCUT2D eigenvalue weighted by atomic mass is 10.0. The fourth-order valence-corrected chi connectivity index (χ4v) is 2.63. The summed E-state index contributed by atoms with van der Waals surface area (Å²) in [6, 6.07) is 5.32. The Morgan fingerprint density at radius 1 is 1.50 bits per heavy atom. The summed E-state index contributed by atoms with van der Waals surface area (Å²) in [4.78, 5) is 2.14. The molecule has 100 valence electrons. The molecule has 0 radical (unpaired) electrons. The Kier molecular flexibility index (Phi) is 4.19. The van der Waals surface area contributed by atoms with Crippen LogP contribution in [0.2, 0.25) is 0 Å². The van der Waals surface area contributed by atoms with Gasteiger partial charge >= 0.3 is 0 Å². The van der Waals surface area contributed by atoms with Crippen LogP contribution in [0, 0.1) is 11.7 Å². The molecular formula is C14H20FNO2. The minimum absolute atomic E-state index is 0.132. The highest BCUT2D eigenvalue weighted by molar-refractivity contribution is 5.31. The predicted molar refractivity (Wildman–Crippen MR) is 68.0 cm³/mol. The Hall–Kier alpha value is -1.13. The first kappa shape index (κ1) is 13.3. The normalized spacial score (nSPS) is 24.4. The molecule has 0 aromatic heterocycles. The second-order valence-electron chi connectivity index (χ2n) is 4.92. The number of hydrogen-bond donors (Lipinski definition) is 1. The van der Waals surface area contributed by atoms with Crippen LogP contribution < -0.4 is 4.74 Å². The van der Waals surface area contributed by atoms with E-state index in [0.29, 0.717) is 18.0 Å². The molecule has 2 rings (SSSR count). The van der Waals surface area contributed by atoms with E-state index in [0.717, 1.165) is 13.0 Å². The number of rotatable bonds is 4. The molecule has 1 aliphatic heterocycles. The molecule has 0 amide bonds. The number of aliphatic hydroxyl groups excluding tert-OH is 1. The van der Waals surface area contributed by atoms with Gasteiger partial charge in [-0.25, -0.2) is 4.39 Å². The largest absolute Gasteiger partial charge is 0.494 e. The average Bonchev–Trinajstić information content (AvgIpc) is 2.72. The van der Waals surface area contributed by atoms with Gasteiger partial charge in [0.15, 0.2) is 11.6 Å². The zero-order valence-corrected chi connectivity index (χ0v) is 10.9. The van der Waals surface area contributed by atoms with Crippen molar-refractivity contribution in [3.05, 3.63) is 29.6 Å². The van der Waals surface area contributed by atoms with Gasteiger partial charge in [-0.2, -0.15) is 0 Å². The summed E-state index contributed by atoms with van der Waals surface area (Å²) in [5.74, 6) is 0.445. The summed E-state index contributed by atoms with van der Waals surface area (Å²) in [5.41, 5.74) is 0.627. The molecule has 3 nitrogen and oxygen atoms in total. The van der Waals surface area contributed by atoms with Crippen LogP contribution >= 0.6 is 0 Å². The molecule has 1 heterocycles. The summed E-state index contributed by atoms with van der Waals surface area (Å²) < 4.78 is 19.0. The molecule has 1 aromatic carbocycles. The zero-order valence-electron chi connectivity index (χ0n) is 10.9. The molecule has 2 unspecified atom stereocenters. The summed E-state index contributed by atoms with van der Waals surface area (Å²) in [7, 11) is 1.47. The first-order valence-corrected chi connectivity index (χ1v) is 6.33. The van der Waals surface area contributed by atoms with Crippen molar-refractivity contribution in [1.29, 1.82) is 0 Å². The first-order chi connectivity index (χ1) is 8.67. The lowest BCUT2D eigenvalue weighted by Gasteiger charge is -2.25. The van der Waals surface area contributed by atoms with E-state index in [4.69, 9.17) is 4.74 Å². The highest BCUT2D eigenvalue weighted by Gasteiger charge is 2.30. The number of aliphatic hydroxyl groups is 1. The predicted octanol–water partition coefficient (Wildman–Crippen LogP) is 2.04. The van der Waals surface area contributed by atoms with Crippen molar-refractivity contribution in [3.8, 4) is 5.75 Å². The van der Waals surface area contributed by atoms with Gasteiger partial charge in [0.05, 0.1) is 13.7 Å². The number of hydrogen-bond acceptors (Lipinski definition) is 3. The molecule has 1 N–H and O–H groups in total. The van der Waals surface area contributed by atoms with Crippen molar-refractivity contribution in [2.45, 2.75) is 25.9 Å². The van der Waals surface area contributed by atoms with E-state index in [2.05, 4.69) is 11.8 Å². The fourth-order valence-electron chi connectivity index (χ4n) is 2.63. The number of methoxy groups -OCH3 is 1. The van der Waals surface area contributed by atoms with Crippen molar-refractivity contribution in [2.24, 2.45) is 5.92 Å². The third-order valence-corrected chi connectivity index (χ3v) is 3.82. The first-order valence-electron chi connectivity index (χ1n) is 6.33. The van der Waals surface area contributed by atoms with E-state index in [-0.39, 0.29) is 24.2 Å². The van der Waals surface area contributed by atoms with Gasteiger partial charge in [0.1, 0.15) is 0 Å². The van der Waals surface area contributed by atoms with Crippen molar-refractivity contribution >= 4 is 0 Å². The molecule has 0 bridgehead atoms. The van der Waals surface area contributed by atoms with Crippen LogP contribution in [0.15, 0.2) is 18.2 Å². The van der Waals surface area contributed by atoms with E-state index in [1.807, 2.05) is 0 Å². The zero-order chi connectivity index (χ0) is 13.1. The van der Waals surface area contributed by atoms with Crippen LogP contribution in [0.5, 0.6) is 5.75 Å². The molecule has 0 spiro atoms. The molecule has 1 saturated heterocycles. The standard InChI is InChI=1S/C14H20FNO2/c1-10-6-7-16(12(10)9-17)8-11-4-3-5-13(18-2)14(11)15/h3-5,10,12,17H,6-9H2,1-2H3. The molecule has 1 aliphatic rings. The average molecular weight is 253 g/mol. The Morgan fingerprint density at radius 3 is 2.94 bits per heavy atom. The van der Waals surface area contributed by atoms with Crippen LogP contribution in [-0.4, -0.2) is 36.3 Å². The third-order valence-electron chi connectivity index (χ3n) is 3.82. The highest BCUT2D eigenvalue weighted by Crippen LogP contribution is 2.27. The van der Waals surface area contributed by atoms with Crippen LogP contribution in [0.4, 0.5) is 4.39 Å². The maximum atomic E-state index is 14.0. The minimum Gasteiger partial charge on any atom is -0.494 e. The van der Waals surface area contributed by atoms with Crippen molar-refractivity contribution < 1.29 is 14.2 Å². The van der Waals surface area contributed by atoms with Crippen LogP contribution in [0.3, 0.4) is 0 Å². The van der Waals surface area contributed by atoms with E-state index in [1.54, 1.807) is 18.2 Å². The van der Waals surface area contributed by atoms with Gasteiger partial charge < -0.3 is 9.84 Å². The number of likely N-dealkylation sites (tertiary alicyclic amines) is 1. The number of halogens is 1. The fraction of sp³-hybridized carbons (Fsp3) is 0.571. The molecule has 1 fully saturated rings. The second-order valence-corrected chi connectivity index (χ2v) is 4.92. The molecule has 0 aliphatic carbocycles. The van der Waals surface area contributed by atoms with Crippen molar-refractivity contribution in [2.75, 3.05) is 20.3 Å². The van der Waals surface area contributed by atoms with Gasteiger partial charge in [0.25, 0.3) is 0 Å². The lowest BCUT2D eigenvalue weighted by molar-refractivity contribution is 0.133. The van der Waals surface area contributed by atoms with E-state index >= 15 is 0 Å². The van der Waals surface area contributed by atoms with Gasteiger partial charge in [-0.3, -0.25) is 4.90 Å². The van der Waals surface area contributed by atoms with E-state index in [9.17, 15) is 9.50 Å². The molecule has 18 heavy (non-hydrogen) atoms. The minimum atomic E-state index is -0.295. The van der Waals surface area contributed by atoms with Gasteiger partial charge in [-0.1, -0.05) is 19.1 Å². The maximum Gasteiger partial charge on any atom is 0.169 e. The molecule has 4 heteroatoms. The molecule has 0 saturated carbocycles. The Balaban J connectivity index is 2.14. The maximum absolute atomic E-state index is 14.0. The smallest absolute Gasteiger partial charge is 0.169 e. The van der Waals surface area contributed by atoms with E-state index in [1.165, 1.54) is 7.11 Å². The van der Waals surface area contributed by atoms with Crippen molar-refractivity contribution in [3.63, 3.8) is 0 Å². The quantitative estimate of drug-likeness (QED) is 0.891. The number of ether oxygens (including phenoxy) is 1. The van der Waals surface area contributed by atoms with Gasteiger partial charge in [0, 0.05) is 18.2 Å². The van der Waals surface area contributed by atoms with Gasteiger partial charge in [0.2, 0.25) is 0 Å². The Morgan fingerprint density at radius 2 is 2.28 bits per heavy atom. The van der Waals surface area contributed by atoms with Crippen molar-refractivity contribution in [1.82, 2.24) is 4.90 Å². The third kappa shape index (κ3) is 2.49. The van der Waals surface area contributed by atoms with Gasteiger partial charge in [-0.05, 0) is 24.9 Å². The Bertz CT molecular complexity index is 411. The van der Waals surface area contributed by atoms with Crippen LogP contribution in [-0.2, 0) is 6.54 Å². The monoisotopic (exact) mass is 253 g/mol. The summed E-state index contributed by atoms with van der Waals surface area (Å²) in [6.07, 6.45) is 1.05.